The Morgan fingerprint density at radius 1 is 0.870 bits per heavy atom. The van der Waals surface area contributed by atoms with Crippen LogP contribution in [0.5, 0.6) is 0 Å². The van der Waals surface area contributed by atoms with Gasteiger partial charge >= 0.3 is 0 Å². The molecule has 11 heteroatoms. The van der Waals surface area contributed by atoms with Crippen molar-refractivity contribution in [2.24, 2.45) is 7.05 Å². The maximum absolute atomic E-state index is 14.4. The zero-order chi connectivity index (χ0) is 39.0. The van der Waals surface area contributed by atoms with E-state index >= 15 is 0 Å². The Hall–Kier alpha value is -5.29. The molecule has 0 spiro atoms. The van der Waals surface area contributed by atoms with Gasteiger partial charge in [0, 0.05) is 50.6 Å². The van der Waals surface area contributed by atoms with Crippen molar-refractivity contribution in [3.8, 4) is 11.4 Å². The van der Waals surface area contributed by atoms with Gasteiger partial charge < -0.3 is 14.4 Å². The molecule has 1 aromatic heterocycles. The molecule has 5 aromatic rings. The zero-order valence-electron chi connectivity index (χ0n) is 32.2. The second kappa shape index (κ2) is 17.7. The number of aromatic nitrogens is 2. The molecule has 0 bridgehead atoms. The summed E-state index contributed by atoms with van der Waals surface area (Å²) in [6.07, 6.45) is 6.02. The number of imidazole rings is 1. The minimum absolute atomic E-state index is 0.000805. The minimum atomic E-state index is -4.25. The van der Waals surface area contributed by atoms with E-state index in [4.69, 9.17) is 4.98 Å². The smallest absolute Gasteiger partial charge is 0.274 e. The van der Waals surface area contributed by atoms with Gasteiger partial charge in [-0.15, -0.1) is 0 Å². The highest BCUT2D eigenvalue weighted by molar-refractivity contribution is 7.90. The first kappa shape index (κ1) is 39.9. The first-order valence-corrected chi connectivity index (χ1v) is 20.4. The van der Waals surface area contributed by atoms with Gasteiger partial charge in [0.2, 0.25) is 0 Å². The third-order valence-electron chi connectivity index (χ3n) is 9.73. The van der Waals surface area contributed by atoms with Crippen molar-refractivity contribution in [2.45, 2.75) is 78.2 Å². The lowest BCUT2D eigenvalue weighted by molar-refractivity contribution is 0.0732. The molecule has 0 unspecified atom stereocenters. The highest BCUT2D eigenvalue weighted by Gasteiger charge is 2.28. The van der Waals surface area contributed by atoms with Crippen molar-refractivity contribution in [3.63, 3.8) is 0 Å². The molecule has 54 heavy (non-hydrogen) atoms. The van der Waals surface area contributed by atoms with Gasteiger partial charge in [-0.25, -0.2) is 18.1 Å². The number of carbonyl (C=O) groups excluding carboxylic acids is 3. The van der Waals surface area contributed by atoms with Crippen molar-refractivity contribution in [1.29, 1.82) is 0 Å². The second-order valence-electron chi connectivity index (χ2n) is 13.5. The van der Waals surface area contributed by atoms with E-state index in [2.05, 4.69) is 24.6 Å². The monoisotopic (exact) mass is 749 g/mol. The van der Waals surface area contributed by atoms with Gasteiger partial charge in [-0.2, -0.15) is 0 Å². The van der Waals surface area contributed by atoms with Gasteiger partial charge in [-0.05, 0) is 84.0 Å². The van der Waals surface area contributed by atoms with Gasteiger partial charge in [0.25, 0.3) is 27.7 Å². The van der Waals surface area contributed by atoms with Gasteiger partial charge in [-0.3, -0.25) is 14.4 Å². The molecular formula is C43H51N5O5S. The van der Waals surface area contributed by atoms with Crippen molar-refractivity contribution >= 4 is 38.5 Å². The first-order chi connectivity index (χ1) is 26.0. The van der Waals surface area contributed by atoms with Crippen LogP contribution in [-0.2, 0) is 30.0 Å². The van der Waals surface area contributed by atoms with Crippen LogP contribution in [0, 0.1) is 6.92 Å². The topological polar surface area (TPSA) is 122 Å². The Morgan fingerprint density at radius 2 is 1.57 bits per heavy atom. The quantitative estimate of drug-likeness (QED) is 0.138. The number of nitrogens with zero attached hydrogens (tertiary/aromatic N) is 4. The van der Waals surface area contributed by atoms with Crippen molar-refractivity contribution in [2.75, 3.05) is 19.6 Å². The molecule has 2 heterocycles. The van der Waals surface area contributed by atoms with Crippen LogP contribution in [-0.4, -0.2) is 65.1 Å². The molecular weight excluding hydrogens is 699 g/mol. The number of benzene rings is 4. The third-order valence-corrected chi connectivity index (χ3v) is 11.1. The number of nitrogens with one attached hydrogen (secondary N) is 1. The zero-order valence-corrected chi connectivity index (χ0v) is 33.0. The molecule has 0 fully saturated rings. The summed E-state index contributed by atoms with van der Waals surface area (Å²) in [4.78, 5) is 50.0. The molecule has 10 nitrogen and oxygen atoms in total. The molecule has 3 amide bonds. The molecule has 1 aliphatic heterocycles. The minimum Gasteiger partial charge on any atom is -0.337 e. The second-order valence-corrected chi connectivity index (χ2v) is 15.1. The van der Waals surface area contributed by atoms with Crippen molar-refractivity contribution < 1.29 is 22.8 Å². The number of hydrogen-bond donors (Lipinski definition) is 1. The lowest BCUT2D eigenvalue weighted by Crippen LogP contribution is -2.36. The van der Waals surface area contributed by atoms with Crippen molar-refractivity contribution in [1.82, 2.24) is 24.1 Å². The molecule has 0 atom stereocenters. The highest BCUT2D eigenvalue weighted by atomic mass is 32.2. The number of aryl methyl sites for hydroxylation is 2. The summed E-state index contributed by atoms with van der Waals surface area (Å²) in [6, 6.07) is 22.9. The van der Waals surface area contributed by atoms with Crippen LogP contribution in [0.1, 0.15) is 101 Å². The molecule has 6 rings (SSSR count). The predicted octanol–water partition coefficient (Wildman–Crippen LogP) is 7.93. The van der Waals surface area contributed by atoms with E-state index in [1.54, 1.807) is 40.9 Å². The predicted molar refractivity (Wildman–Crippen MR) is 214 cm³/mol. The number of rotatable bonds is 12. The summed E-state index contributed by atoms with van der Waals surface area (Å²) in [6.45, 7) is 12.2. The van der Waals surface area contributed by atoms with Crippen LogP contribution in [0.15, 0.2) is 90.0 Å². The number of carbonyl (C=O) groups is 3. The summed E-state index contributed by atoms with van der Waals surface area (Å²) in [5.41, 5.74) is 4.02. The maximum atomic E-state index is 14.4. The van der Waals surface area contributed by atoms with Gasteiger partial charge in [0.1, 0.15) is 11.5 Å². The van der Waals surface area contributed by atoms with Gasteiger partial charge in [0.15, 0.2) is 0 Å². The maximum Gasteiger partial charge on any atom is 0.274 e. The molecule has 0 aliphatic carbocycles. The number of unbranched alkanes of at least 4 members (excludes halogenated alkanes) is 2. The van der Waals surface area contributed by atoms with Gasteiger partial charge in [-0.1, -0.05) is 89.1 Å². The van der Waals surface area contributed by atoms with Crippen LogP contribution in [0.25, 0.3) is 22.2 Å². The number of fused-ring (bicyclic) bond motifs is 2. The molecule has 1 aliphatic rings. The Bertz CT molecular complexity index is 2250. The summed E-state index contributed by atoms with van der Waals surface area (Å²) in [5, 5.41) is 1.66. The van der Waals surface area contributed by atoms with Crippen LogP contribution in [0.4, 0.5) is 0 Å². The summed E-state index contributed by atoms with van der Waals surface area (Å²) < 4.78 is 30.9. The fourth-order valence-electron chi connectivity index (χ4n) is 6.71. The van der Waals surface area contributed by atoms with Crippen LogP contribution in [0.2, 0.25) is 0 Å². The van der Waals surface area contributed by atoms with E-state index in [1.165, 1.54) is 23.8 Å². The Labute approximate surface area is 319 Å². The molecule has 1 N–H and O–H groups in total. The number of hydrogen-bond acceptors (Lipinski definition) is 6. The molecule has 0 saturated carbocycles. The fourth-order valence-corrected chi connectivity index (χ4v) is 7.71. The molecule has 0 saturated heterocycles. The van der Waals surface area contributed by atoms with E-state index in [0.717, 1.165) is 47.6 Å². The normalized spacial score (nSPS) is 12.4. The SMILES string of the molecule is CC.CCCCN(CCCC)C(=O)c1cn(C)c(-c2ccc(C(=O)NS(=O)(=O)c3ccc4cccc(C)c4c3)cc2C(=O)N2CCc3ccccc3C2)n1. The van der Waals surface area contributed by atoms with Crippen molar-refractivity contribution in [3.05, 3.63) is 119 Å². The largest absolute Gasteiger partial charge is 0.337 e. The summed E-state index contributed by atoms with van der Waals surface area (Å²) >= 11 is 0. The fraction of sp³-hybridized carbons (Fsp3) is 0.349. The van der Waals surface area contributed by atoms with Crippen LogP contribution < -0.4 is 4.72 Å². The average molecular weight is 750 g/mol. The average Bonchev–Trinajstić information content (AvgIpc) is 3.58. The summed E-state index contributed by atoms with van der Waals surface area (Å²) in [5.74, 6) is -0.974. The van der Waals surface area contributed by atoms with E-state index in [-0.39, 0.29) is 33.5 Å². The molecule has 4 aromatic carbocycles. The lowest BCUT2D eigenvalue weighted by atomic mass is 9.97. The Kier molecular flexibility index (Phi) is 13.1. The standard InChI is InChI=1S/C41H45N5O5S.C2H6/c1-5-7-21-45(22-8-6-2)41(49)37-27-44(4)38(42-37)34-19-17-31(24-36(34)40(48)46-23-20-29-13-9-10-14-32(29)26-46)39(47)43-52(50,51)33-18-16-30-15-11-12-28(3)35(30)25-33;1-2/h9-19,24-25,27H,5-8,20-23,26H2,1-4H3,(H,43,47);1-2H3. The Morgan fingerprint density at radius 3 is 2.28 bits per heavy atom. The summed E-state index contributed by atoms with van der Waals surface area (Å²) in [7, 11) is -2.48. The molecule has 0 radical (unpaired) electrons. The highest BCUT2D eigenvalue weighted by Crippen LogP contribution is 2.29. The molecule has 284 valence electrons. The van der Waals surface area contributed by atoms with Gasteiger partial charge in [0.05, 0.1) is 10.5 Å². The Balaban J connectivity index is 0.00000276. The van der Waals surface area contributed by atoms with E-state index in [1.807, 2.05) is 62.1 Å². The lowest BCUT2D eigenvalue weighted by Gasteiger charge is -2.29. The van der Waals surface area contributed by atoms with E-state index < -0.39 is 15.9 Å². The van der Waals surface area contributed by atoms with E-state index in [9.17, 15) is 22.8 Å². The van der Waals surface area contributed by atoms with E-state index in [0.29, 0.717) is 44.0 Å². The number of amides is 3. The van der Waals surface area contributed by atoms with Crippen LogP contribution in [0.3, 0.4) is 0 Å². The third kappa shape index (κ3) is 8.73. The van der Waals surface area contributed by atoms with Crippen LogP contribution >= 0.6 is 0 Å². The number of sulfonamides is 1. The first-order valence-electron chi connectivity index (χ1n) is 18.9.